The quantitative estimate of drug-likeness (QED) is 0.149. The Labute approximate surface area is 444 Å². The van der Waals surface area contributed by atoms with Crippen LogP contribution in [-0.4, -0.2) is 24.1 Å². The standard InChI is InChI=1S/C62H32F12N6/c63-59(64,65)39-21-23-41(48(30-39)61(69,70)71)36-19-25-52-45(27-36)43-15-7-9-17-50(43)79(52)54-32-47(58-77-56(34-11-3-1-4-12-34)76-57(78-58)35-13-5-2-6-14-35)55(29-38(54)33-75)80-51-18-10-8-16-44(51)46-28-37(20-26-53(46)80)42-24-22-40(60(66,67)68)31-49(42)62(72,73)74/h1-32H. The molecule has 0 unspecified atom stereocenters. The summed E-state index contributed by atoms with van der Waals surface area (Å²) in [5, 5.41) is 13.1. The number of hydrogen-bond donors (Lipinski definition) is 0. The van der Waals surface area contributed by atoms with Crippen LogP contribution in [0.5, 0.6) is 0 Å². The summed E-state index contributed by atoms with van der Waals surface area (Å²) in [6.45, 7) is 0. The van der Waals surface area contributed by atoms with Gasteiger partial charge in [-0.2, -0.15) is 57.9 Å². The van der Waals surface area contributed by atoms with Crippen molar-refractivity contribution in [2.24, 2.45) is 0 Å². The monoisotopic (exact) mass is 1090 g/mol. The van der Waals surface area contributed by atoms with Gasteiger partial charge in [-0.05, 0) is 95.1 Å². The number of hydrogen-bond acceptors (Lipinski definition) is 4. The van der Waals surface area contributed by atoms with Crippen molar-refractivity contribution in [3.63, 3.8) is 0 Å². The van der Waals surface area contributed by atoms with E-state index in [2.05, 4.69) is 6.07 Å². The molecule has 6 nitrogen and oxygen atoms in total. The number of halogens is 12. The van der Waals surface area contributed by atoms with Crippen LogP contribution in [-0.2, 0) is 24.7 Å². The van der Waals surface area contributed by atoms with Crippen molar-refractivity contribution in [2.75, 3.05) is 0 Å². The minimum Gasteiger partial charge on any atom is -0.308 e. The highest BCUT2D eigenvalue weighted by molar-refractivity contribution is 6.12. The van der Waals surface area contributed by atoms with Gasteiger partial charge in [0, 0.05) is 38.2 Å². The fourth-order valence-corrected chi connectivity index (χ4v) is 10.4. The molecule has 394 valence electrons. The average Bonchev–Trinajstić information content (AvgIpc) is 4.00. The summed E-state index contributed by atoms with van der Waals surface area (Å²) < 4.78 is 174. The maximum absolute atomic E-state index is 14.7. The molecule has 0 atom stereocenters. The number of nitriles is 1. The zero-order chi connectivity index (χ0) is 56.0. The van der Waals surface area contributed by atoms with E-state index in [9.17, 15) is 57.9 Å². The van der Waals surface area contributed by atoms with Gasteiger partial charge in [-0.1, -0.05) is 121 Å². The molecule has 0 saturated heterocycles. The number of alkyl halides is 12. The normalized spacial score (nSPS) is 12.5. The molecule has 0 spiro atoms. The van der Waals surface area contributed by atoms with Crippen LogP contribution in [0.2, 0.25) is 0 Å². The molecule has 9 aromatic carbocycles. The predicted molar refractivity (Wildman–Crippen MR) is 280 cm³/mol. The van der Waals surface area contributed by atoms with Crippen molar-refractivity contribution in [2.45, 2.75) is 24.7 Å². The van der Waals surface area contributed by atoms with E-state index in [1.807, 2.05) is 12.1 Å². The Balaban J connectivity index is 1.15. The second-order valence-electron chi connectivity index (χ2n) is 18.7. The predicted octanol–water partition coefficient (Wildman–Crippen LogP) is 18.3. The lowest BCUT2D eigenvalue weighted by Gasteiger charge is -2.19. The highest BCUT2D eigenvalue weighted by Crippen LogP contribution is 2.47. The topological polar surface area (TPSA) is 72.3 Å². The van der Waals surface area contributed by atoms with Crippen molar-refractivity contribution >= 4 is 43.6 Å². The van der Waals surface area contributed by atoms with E-state index in [0.29, 0.717) is 72.6 Å². The molecule has 0 saturated carbocycles. The smallest absolute Gasteiger partial charge is 0.308 e. The fraction of sp³-hybridized carbons (Fsp3) is 0.0645. The van der Waals surface area contributed by atoms with E-state index in [4.69, 9.17) is 15.0 Å². The van der Waals surface area contributed by atoms with Crippen LogP contribution < -0.4 is 0 Å². The summed E-state index contributed by atoms with van der Waals surface area (Å²) in [5.74, 6) is 0.591. The SMILES string of the molecule is N#Cc1cc(-n2c3ccccc3c3cc(-c4ccc(C(F)(F)F)cc4C(F)(F)F)ccc32)c(-c2nc(-c3ccccc3)nc(-c3ccccc3)n2)cc1-n1c2ccccc2c2cc(-c3ccc(C(F)(F)F)cc3C(F)(F)F)ccc21. The Morgan fingerprint density at radius 3 is 1.15 bits per heavy atom. The maximum atomic E-state index is 14.7. The van der Waals surface area contributed by atoms with Gasteiger partial charge in [0.15, 0.2) is 17.5 Å². The molecule has 0 fully saturated rings. The number of benzene rings is 9. The third kappa shape index (κ3) is 8.90. The molecular formula is C62H32F12N6. The van der Waals surface area contributed by atoms with E-state index < -0.39 is 58.1 Å². The van der Waals surface area contributed by atoms with Crippen molar-refractivity contribution in [1.82, 2.24) is 24.1 Å². The second-order valence-corrected chi connectivity index (χ2v) is 18.7. The van der Waals surface area contributed by atoms with Gasteiger partial charge in [-0.15, -0.1) is 0 Å². The lowest BCUT2D eigenvalue weighted by molar-refractivity contribution is -0.144. The number of fused-ring (bicyclic) bond motifs is 6. The molecule has 0 aliphatic heterocycles. The van der Waals surface area contributed by atoms with Gasteiger partial charge < -0.3 is 9.13 Å². The van der Waals surface area contributed by atoms with Crippen molar-refractivity contribution in [3.05, 3.63) is 222 Å². The van der Waals surface area contributed by atoms with E-state index >= 15 is 0 Å². The molecule has 12 rings (SSSR count). The van der Waals surface area contributed by atoms with Crippen molar-refractivity contribution in [3.8, 4) is 73.9 Å². The number of para-hydroxylation sites is 2. The molecule has 18 heteroatoms. The first-order valence-corrected chi connectivity index (χ1v) is 24.3. The van der Waals surface area contributed by atoms with Gasteiger partial charge >= 0.3 is 24.7 Å². The van der Waals surface area contributed by atoms with Crippen LogP contribution in [0.3, 0.4) is 0 Å². The van der Waals surface area contributed by atoms with Crippen LogP contribution in [0, 0.1) is 11.3 Å². The van der Waals surface area contributed by atoms with Gasteiger partial charge in [0.25, 0.3) is 0 Å². The molecule has 3 aromatic heterocycles. The molecule has 12 aromatic rings. The molecule has 0 N–H and O–H groups in total. The lowest BCUT2D eigenvalue weighted by atomic mass is 9.95. The molecule has 0 aliphatic rings. The fourth-order valence-electron chi connectivity index (χ4n) is 10.4. The third-order valence-corrected chi connectivity index (χ3v) is 13.9. The first-order chi connectivity index (χ1) is 38.2. The maximum Gasteiger partial charge on any atom is 0.417 e. The molecule has 0 aliphatic carbocycles. The summed E-state index contributed by atoms with van der Waals surface area (Å²) >= 11 is 0. The van der Waals surface area contributed by atoms with Crippen LogP contribution in [0.25, 0.3) is 111 Å². The van der Waals surface area contributed by atoms with Crippen molar-refractivity contribution < 1.29 is 52.7 Å². The summed E-state index contributed by atoms with van der Waals surface area (Å²) in [7, 11) is 0. The van der Waals surface area contributed by atoms with Gasteiger partial charge in [0.2, 0.25) is 0 Å². The Hall–Kier alpha value is -9.76. The first kappa shape index (κ1) is 51.0. The zero-order valence-corrected chi connectivity index (χ0v) is 40.7. The molecule has 3 heterocycles. The van der Waals surface area contributed by atoms with Crippen LogP contribution >= 0.6 is 0 Å². The van der Waals surface area contributed by atoms with Gasteiger partial charge in [0.1, 0.15) is 6.07 Å². The zero-order valence-electron chi connectivity index (χ0n) is 40.7. The molecule has 0 amide bonds. The van der Waals surface area contributed by atoms with Gasteiger partial charge in [-0.3, -0.25) is 0 Å². The number of aromatic nitrogens is 5. The Bertz CT molecular complexity index is 4430. The first-order valence-electron chi connectivity index (χ1n) is 24.3. The number of nitrogens with zero attached hydrogens (tertiary/aromatic N) is 6. The van der Waals surface area contributed by atoms with Crippen LogP contribution in [0.1, 0.15) is 27.8 Å². The van der Waals surface area contributed by atoms with Crippen LogP contribution in [0.4, 0.5) is 52.7 Å². The summed E-state index contributed by atoms with van der Waals surface area (Å²) in [6.07, 6.45) is -20.4. The summed E-state index contributed by atoms with van der Waals surface area (Å²) in [4.78, 5) is 15.0. The summed E-state index contributed by atoms with van der Waals surface area (Å²) in [6, 6.07) is 49.1. The average molecular weight is 1090 g/mol. The van der Waals surface area contributed by atoms with Crippen molar-refractivity contribution in [1.29, 1.82) is 5.26 Å². The Morgan fingerprint density at radius 1 is 0.325 bits per heavy atom. The van der Waals surface area contributed by atoms with E-state index in [0.717, 1.165) is 12.1 Å². The lowest BCUT2D eigenvalue weighted by Crippen LogP contribution is -2.12. The Kier molecular flexibility index (Phi) is 11.9. The minimum atomic E-state index is -5.17. The van der Waals surface area contributed by atoms with Crippen LogP contribution in [0.15, 0.2) is 194 Å². The molecule has 0 radical (unpaired) electrons. The molecule has 0 bridgehead atoms. The van der Waals surface area contributed by atoms with E-state index in [1.54, 1.807) is 118 Å². The van der Waals surface area contributed by atoms with Gasteiger partial charge in [-0.25, -0.2) is 15.0 Å². The highest BCUT2D eigenvalue weighted by Gasteiger charge is 2.40. The molecule has 80 heavy (non-hydrogen) atoms. The summed E-state index contributed by atoms with van der Waals surface area (Å²) in [5.41, 5.74) is -3.13. The minimum absolute atomic E-state index is 0.0327. The van der Waals surface area contributed by atoms with E-state index in [1.165, 1.54) is 36.4 Å². The van der Waals surface area contributed by atoms with E-state index in [-0.39, 0.29) is 57.5 Å². The van der Waals surface area contributed by atoms with Gasteiger partial charge in [0.05, 0.1) is 61.3 Å². The molecular weight excluding hydrogens is 1060 g/mol. The third-order valence-electron chi connectivity index (χ3n) is 13.9. The second kappa shape index (κ2) is 18.7. The largest absolute Gasteiger partial charge is 0.417 e. The number of rotatable bonds is 7. The highest BCUT2D eigenvalue weighted by atomic mass is 19.4. The Morgan fingerprint density at radius 2 is 0.725 bits per heavy atom.